The third-order valence-electron chi connectivity index (χ3n) is 2.57. The van der Waals surface area contributed by atoms with Gasteiger partial charge in [0.15, 0.2) is 0 Å². The summed E-state index contributed by atoms with van der Waals surface area (Å²) in [7, 11) is 0. The quantitative estimate of drug-likeness (QED) is 0.614. The van der Waals surface area contributed by atoms with E-state index in [4.69, 9.17) is 0 Å². The van der Waals surface area contributed by atoms with Crippen molar-refractivity contribution in [3.63, 3.8) is 0 Å². The molecule has 0 bridgehead atoms. The van der Waals surface area contributed by atoms with Gasteiger partial charge < -0.3 is 10.6 Å². The maximum Gasteiger partial charge on any atom is 0.298 e. The van der Waals surface area contributed by atoms with Gasteiger partial charge in [-0.2, -0.15) is 10.3 Å². The molecule has 0 unspecified atom stereocenters. The van der Waals surface area contributed by atoms with Crippen molar-refractivity contribution in [2.24, 2.45) is 0 Å². The van der Waals surface area contributed by atoms with E-state index < -0.39 is 5.91 Å². The molecule has 3 heterocycles. The summed E-state index contributed by atoms with van der Waals surface area (Å²) < 4.78 is 1.77. The van der Waals surface area contributed by atoms with E-state index in [1.54, 1.807) is 16.9 Å². The van der Waals surface area contributed by atoms with Crippen molar-refractivity contribution < 1.29 is 4.79 Å². The lowest BCUT2D eigenvalue weighted by molar-refractivity contribution is 0.101. The van der Waals surface area contributed by atoms with Crippen LogP contribution < -0.4 is 10.6 Å². The van der Waals surface area contributed by atoms with E-state index in [9.17, 15) is 4.79 Å². The highest BCUT2D eigenvalue weighted by molar-refractivity contribution is 6.00. The topological polar surface area (TPSA) is 113 Å². The Morgan fingerprint density at radius 2 is 2.41 bits per heavy atom. The lowest BCUT2D eigenvalue weighted by Crippen LogP contribution is -2.44. The zero-order valence-electron chi connectivity index (χ0n) is 8.79. The maximum atomic E-state index is 11.7. The van der Waals surface area contributed by atoms with Crippen LogP contribution in [0.5, 0.6) is 0 Å². The van der Waals surface area contributed by atoms with E-state index in [0.717, 1.165) is 13.1 Å². The molecule has 0 spiro atoms. The molecule has 1 aliphatic rings. The minimum atomic E-state index is -0.409. The predicted octanol–water partition coefficient (Wildman–Crippen LogP) is -1.21. The van der Waals surface area contributed by atoms with Crippen molar-refractivity contribution in [1.82, 2.24) is 35.7 Å². The van der Waals surface area contributed by atoms with Gasteiger partial charge in [0.1, 0.15) is 5.82 Å². The van der Waals surface area contributed by atoms with Crippen molar-refractivity contribution in [2.75, 3.05) is 18.4 Å². The highest BCUT2D eigenvalue weighted by Gasteiger charge is 2.23. The average molecular weight is 234 g/mol. The molecule has 1 aliphatic heterocycles. The largest absolute Gasteiger partial charge is 0.312 e. The Hall–Kier alpha value is -2.29. The van der Waals surface area contributed by atoms with E-state index in [1.807, 2.05) is 0 Å². The third-order valence-corrected chi connectivity index (χ3v) is 2.57. The number of amides is 1. The van der Waals surface area contributed by atoms with Gasteiger partial charge in [-0.3, -0.25) is 4.79 Å². The molecule has 2 aromatic rings. The van der Waals surface area contributed by atoms with Crippen LogP contribution in [-0.4, -0.2) is 49.4 Å². The standard InChI is InChI=1S/C8H10N8O/c17-8(7-12-14-15-13-7)11-6-1-2-10-16(6)5-3-9-4-5/h1-2,5,9H,3-4H2,(H,11,17)(H,12,13,14,15). The summed E-state index contributed by atoms with van der Waals surface area (Å²) in [5.74, 6) is 0.226. The number of carbonyl (C=O) groups excluding carboxylic acids is 1. The highest BCUT2D eigenvalue weighted by Crippen LogP contribution is 2.17. The molecule has 1 amide bonds. The van der Waals surface area contributed by atoms with Crippen LogP contribution in [0, 0.1) is 0 Å². The lowest BCUT2D eigenvalue weighted by Gasteiger charge is -2.28. The van der Waals surface area contributed by atoms with Gasteiger partial charge in [-0.25, -0.2) is 4.68 Å². The van der Waals surface area contributed by atoms with Crippen LogP contribution in [0.4, 0.5) is 5.82 Å². The molecule has 3 N–H and O–H groups in total. The van der Waals surface area contributed by atoms with Gasteiger partial charge in [0.25, 0.3) is 11.7 Å². The Morgan fingerprint density at radius 3 is 3.06 bits per heavy atom. The van der Waals surface area contributed by atoms with Crippen molar-refractivity contribution in [1.29, 1.82) is 0 Å². The molecule has 0 aliphatic carbocycles. The Balaban J connectivity index is 1.76. The Bertz CT molecular complexity index is 513. The Kier molecular flexibility index (Phi) is 2.29. The van der Waals surface area contributed by atoms with Gasteiger partial charge in [-0.05, 0) is 5.21 Å². The fourth-order valence-electron chi connectivity index (χ4n) is 1.58. The fraction of sp³-hybridized carbons (Fsp3) is 0.375. The van der Waals surface area contributed by atoms with Crippen LogP contribution in [0.1, 0.15) is 16.7 Å². The molecule has 0 aromatic carbocycles. The number of tetrazole rings is 1. The van der Waals surface area contributed by atoms with Crippen LogP contribution in [0.3, 0.4) is 0 Å². The second kappa shape index (κ2) is 3.94. The summed E-state index contributed by atoms with van der Waals surface area (Å²) in [5.41, 5.74) is 0. The van der Waals surface area contributed by atoms with E-state index in [2.05, 4.69) is 36.4 Å². The van der Waals surface area contributed by atoms with Gasteiger partial charge >= 0.3 is 0 Å². The number of H-pyrrole nitrogens is 1. The first-order valence-corrected chi connectivity index (χ1v) is 5.13. The molecular formula is C8H10N8O. The van der Waals surface area contributed by atoms with Gasteiger partial charge in [-0.1, -0.05) is 0 Å². The van der Waals surface area contributed by atoms with Crippen molar-refractivity contribution in [3.8, 4) is 0 Å². The first-order valence-electron chi connectivity index (χ1n) is 5.13. The first-order chi connectivity index (χ1) is 8.34. The molecule has 9 heteroatoms. The minimum absolute atomic E-state index is 0.00415. The van der Waals surface area contributed by atoms with E-state index in [1.165, 1.54) is 0 Å². The van der Waals surface area contributed by atoms with Gasteiger partial charge in [0, 0.05) is 19.2 Å². The third kappa shape index (κ3) is 1.76. The maximum absolute atomic E-state index is 11.7. The van der Waals surface area contributed by atoms with Gasteiger partial charge in [0.05, 0.1) is 12.2 Å². The molecule has 0 atom stereocenters. The summed E-state index contributed by atoms with van der Waals surface area (Å²) in [6, 6.07) is 2.02. The molecule has 3 rings (SSSR count). The van der Waals surface area contributed by atoms with Gasteiger partial charge in [-0.15, -0.1) is 10.2 Å². The minimum Gasteiger partial charge on any atom is -0.312 e. The zero-order chi connectivity index (χ0) is 11.7. The second-order valence-corrected chi connectivity index (χ2v) is 3.66. The summed E-state index contributed by atoms with van der Waals surface area (Å²) in [4.78, 5) is 11.7. The SMILES string of the molecule is O=C(Nc1ccnn1C1CNC1)c1nn[nH]n1. The monoisotopic (exact) mass is 234 g/mol. The number of aromatic amines is 1. The number of aromatic nitrogens is 6. The molecule has 17 heavy (non-hydrogen) atoms. The number of nitrogens with one attached hydrogen (secondary N) is 3. The number of hydrogen-bond donors (Lipinski definition) is 3. The van der Waals surface area contributed by atoms with Crippen LogP contribution in [0.2, 0.25) is 0 Å². The Labute approximate surface area is 95.6 Å². The second-order valence-electron chi connectivity index (χ2n) is 3.66. The molecule has 88 valence electrons. The molecule has 9 nitrogen and oxygen atoms in total. The summed E-state index contributed by atoms with van der Waals surface area (Å²) in [6.07, 6.45) is 1.64. The lowest BCUT2D eigenvalue weighted by atomic mass is 10.2. The molecule has 0 radical (unpaired) electrons. The van der Waals surface area contributed by atoms with E-state index >= 15 is 0 Å². The number of nitrogens with zero attached hydrogens (tertiary/aromatic N) is 5. The summed E-state index contributed by atoms with van der Waals surface area (Å²) >= 11 is 0. The number of anilines is 1. The van der Waals surface area contributed by atoms with Crippen molar-refractivity contribution in [2.45, 2.75) is 6.04 Å². The smallest absolute Gasteiger partial charge is 0.298 e. The van der Waals surface area contributed by atoms with Crippen molar-refractivity contribution >= 4 is 11.7 Å². The normalized spacial score (nSPS) is 15.5. The molecular weight excluding hydrogens is 224 g/mol. The summed E-state index contributed by atoms with van der Waals surface area (Å²) in [5, 5.41) is 22.8. The Morgan fingerprint density at radius 1 is 1.53 bits per heavy atom. The van der Waals surface area contributed by atoms with Crippen LogP contribution >= 0.6 is 0 Å². The number of rotatable bonds is 3. The van der Waals surface area contributed by atoms with E-state index in [0.29, 0.717) is 5.82 Å². The van der Waals surface area contributed by atoms with E-state index in [-0.39, 0.29) is 11.9 Å². The predicted molar refractivity (Wildman–Crippen MR) is 56.3 cm³/mol. The highest BCUT2D eigenvalue weighted by atomic mass is 16.2. The van der Waals surface area contributed by atoms with Crippen molar-refractivity contribution in [3.05, 3.63) is 18.1 Å². The first kappa shape index (κ1) is 9.90. The van der Waals surface area contributed by atoms with Crippen LogP contribution in [0.15, 0.2) is 12.3 Å². The molecule has 0 saturated carbocycles. The van der Waals surface area contributed by atoms with Gasteiger partial charge in [0.2, 0.25) is 0 Å². The molecule has 1 fully saturated rings. The van der Waals surface area contributed by atoms with Crippen LogP contribution in [-0.2, 0) is 0 Å². The number of carbonyl (C=O) groups is 1. The van der Waals surface area contributed by atoms with Crippen LogP contribution in [0.25, 0.3) is 0 Å². The summed E-state index contributed by atoms with van der Waals surface area (Å²) in [6.45, 7) is 1.71. The zero-order valence-corrected chi connectivity index (χ0v) is 8.79. The number of hydrogen-bond acceptors (Lipinski definition) is 6. The average Bonchev–Trinajstić information content (AvgIpc) is 2.86. The molecule has 1 saturated heterocycles. The molecule has 2 aromatic heterocycles. The fourth-order valence-corrected chi connectivity index (χ4v) is 1.58.